The van der Waals surface area contributed by atoms with Crippen LogP contribution in [0.4, 0.5) is 5.82 Å². The van der Waals surface area contributed by atoms with E-state index in [0.717, 1.165) is 34.3 Å². The summed E-state index contributed by atoms with van der Waals surface area (Å²) in [6.07, 6.45) is 3.74. The molecule has 0 unspecified atom stereocenters. The van der Waals surface area contributed by atoms with Gasteiger partial charge in [-0.05, 0) is 24.1 Å². The lowest BCUT2D eigenvalue weighted by atomic mass is 10.1. The first-order valence-corrected chi connectivity index (χ1v) is 9.09. The van der Waals surface area contributed by atoms with Crippen LogP contribution in [0.5, 0.6) is 0 Å². The summed E-state index contributed by atoms with van der Waals surface area (Å²) in [4.78, 5) is 15.8. The van der Waals surface area contributed by atoms with Crippen LogP contribution >= 0.6 is 11.3 Å². The first-order chi connectivity index (χ1) is 12.2. The Morgan fingerprint density at radius 1 is 1.04 bits per heavy atom. The average Bonchev–Trinajstić information content (AvgIpc) is 3.06. The van der Waals surface area contributed by atoms with Crippen LogP contribution in [0.2, 0.25) is 0 Å². The van der Waals surface area contributed by atoms with Gasteiger partial charge in [-0.3, -0.25) is 4.98 Å². The minimum absolute atomic E-state index is 0.533. The van der Waals surface area contributed by atoms with Crippen molar-refractivity contribution >= 4 is 27.4 Å². The molecule has 0 spiro atoms. The van der Waals surface area contributed by atoms with Gasteiger partial charge in [0.25, 0.3) is 0 Å². The fourth-order valence-electron chi connectivity index (χ4n) is 2.77. The number of nitrogens with zero attached hydrogens (tertiary/aromatic N) is 3. The Kier molecular flexibility index (Phi) is 4.15. The summed E-state index contributed by atoms with van der Waals surface area (Å²) in [5, 5.41) is 0.929. The van der Waals surface area contributed by atoms with Gasteiger partial charge in [0, 0.05) is 28.8 Å². The van der Waals surface area contributed by atoms with Gasteiger partial charge in [-0.25, -0.2) is 9.97 Å². The highest BCUT2D eigenvalue weighted by Gasteiger charge is 2.11. The lowest BCUT2D eigenvalue weighted by molar-refractivity contribution is 1.02. The number of hydrogen-bond acceptors (Lipinski definition) is 5. The Labute approximate surface area is 150 Å². The fourth-order valence-corrected chi connectivity index (χ4v) is 3.84. The monoisotopic (exact) mass is 346 g/mol. The zero-order valence-electron chi connectivity index (χ0n) is 13.9. The van der Waals surface area contributed by atoms with Crippen molar-refractivity contribution in [2.75, 3.05) is 5.73 Å². The maximum Gasteiger partial charge on any atom is 0.163 e. The average molecular weight is 346 g/mol. The smallest absolute Gasteiger partial charge is 0.163 e. The van der Waals surface area contributed by atoms with Crippen LogP contribution in [0.3, 0.4) is 0 Å². The second-order valence-corrected chi connectivity index (χ2v) is 7.03. The van der Waals surface area contributed by atoms with Gasteiger partial charge < -0.3 is 5.73 Å². The molecule has 0 aliphatic rings. The molecule has 2 N–H and O–H groups in total. The molecule has 0 saturated carbocycles. The summed E-state index contributed by atoms with van der Waals surface area (Å²) in [5.41, 5.74) is 9.47. The zero-order valence-corrected chi connectivity index (χ0v) is 14.8. The molecule has 3 heterocycles. The second-order valence-electron chi connectivity index (χ2n) is 5.92. The molecule has 0 atom stereocenters. The number of pyridine rings is 1. The summed E-state index contributed by atoms with van der Waals surface area (Å²) >= 11 is 1.67. The first kappa shape index (κ1) is 15.7. The van der Waals surface area contributed by atoms with Crippen molar-refractivity contribution in [3.05, 3.63) is 70.9 Å². The van der Waals surface area contributed by atoms with Gasteiger partial charge in [-0.15, -0.1) is 11.3 Å². The Balaban J connectivity index is 1.68. The molecule has 4 rings (SSSR count). The van der Waals surface area contributed by atoms with E-state index in [0.29, 0.717) is 11.6 Å². The third kappa shape index (κ3) is 3.23. The molecule has 0 aliphatic carbocycles. The van der Waals surface area contributed by atoms with Crippen molar-refractivity contribution in [3.63, 3.8) is 0 Å². The number of nitrogen functional groups attached to an aromatic ring is 1. The molecule has 0 saturated heterocycles. The van der Waals surface area contributed by atoms with E-state index in [4.69, 9.17) is 10.7 Å². The molecule has 0 amide bonds. The van der Waals surface area contributed by atoms with Crippen molar-refractivity contribution in [3.8, 4) is 11.4 Å². The number of aromatic nitrogens is 3. The third-order valence-electron chi connectivity index (χ3n) is 4.13. The summed E-state index contributed by atoms with van der Waals surface area (Å²) in [6.45, 7) is 2.11. The van der Waals surface area contributed by atoms with Gasteiger partial charge in [-0.2, -0.15) is 0 Å². The van der Waals surface area contributed by atoms with Gasteiger partial charge in [-0.1, -0.05) is 43.3 Å². The van der Waals surface area contributed by atoms with Gasteiger partial charge in [0.15, 0.2) is 5.82 Å². The number of nitrogens with two attached hydrogens (primary N) is 1. The van der Waals surface area contributed by atoms with Gasteiger partial charge >= 0.3 is 0 Å². The maximum absolute atomic E-state index is 6.18. The topological polar surface area (TPSA) is 64.7 Å². The molecule has 4 aromatic rings. The van der Waals surface area contributed by atoms with E-state index < -0.39 is 0 Å². The molecular weight excluding hydrogens is 328 g/mol. The fraction of sp³-hybridized carbons (Fsp3) is 0.150. The van der Waals surface area contributed by atoms with Crippen LogP contribution in [0.1, 0.15) is 23.1 Å². The van der Waals surface area contributed by atoms with Crippen LogP contribution in [0.15, 0.2) is 54.7 Å². The van der Waals surface area contributed by atoms with E-state index in [9.17, 15) is 0 Å². The highest BCUT2D eigenvalue weighted by Crippen LogP contribution is 2.31. The van der Waals surface area contributed by atoms with E-state index >= 15 is 0 Å². The molecular formula is C20H18N4S. The standard InChI is InChI=1S/C20H18N4S/c1-2-15-9-8-13(12-22-15)10-16-11-17-18(21)23-19(24-20(17)25-16)14-6-4-3-5-7-14/h3-9,11-12H,2,10H2,1H3,(H2,21,23,24). The van der Waals surface area contributed by atoms with E-state index in [-0.39, 0.29) is 0 Å². The summed E-state index contributed by atoms with van der Waals surface area (Å²) < 4.78 is 0. The number of thiophene rings is 1. The summed E-state index contributed by atoms with van der Waals surface area (Å²) in [6, 6.07) is 16.2. The molecule has 4 nitrogen and oxygen atoms in total. The van der Waals surface area contributed by atoms with E-state index in [1.54, 1.807) is 11.3 Å². The molecule has 0 fully saturated rings. The quantitative estimate of drug-likeness (QED) is 0.591. The SMILES string of the molecule is CCc1ccc(Cc2cc3c(N)nc(-c4ccccc4)nc3s2)cn1. The largest absolute Gasteiger partial charge is 0.383 e. The van der Waals surface area contributed by atoms with Crippen LogP contribution < -0.4 is 5.73 Å². The molecule has 0 aliphatic heterocycles. The molecule has 25 heavy (non-hydrogen) atoms. The van der Waals surface area contributed by atoms with E-state index in [1.165, 1.54) is 10.4 Å². The van der Waals surface area contributed by atoms with Crippen LogP contribution in [-0.4, -0.2) is 15.0 Å². The van der Waals surface area contributed by atoms with E-state index in [1.807, 2.05) is 36.5 Å². The normalized spacial score (nSPS) is 11.1. The van der Waals surface area contributed by atoms with Gasteiger partial charge in [0.1, 0.15) is 10.6 Å². The number of fused-ring (bicyclic) bond motifs is 1. The molecule has 0 radical (unpaired) electrons. The predicted molar refractivity (Wildman–Crippen MR) is 104 cm³/mol. The van der Waals surface area contributed by atoms with Gasteiger partial charge in [0.2, 0.25) is 0 Å². The highest BCUT2D eigenvalue weighted by molar-refractivity contribution is 7.18. The van der Waals surface area contributed by atoms with Crippen molar-refractivity contribution in [2.45, 2.75) is 19.8 Å². The lowest BCUT2D eigenvalue weighted by Crippen LogP contribution is -1.95. The number of aryl methyl sites for hydroxylation is 1. The predicted octanol–water partition coefficient (Wildman–Crippen LogP) is 4.49. The molecule has 0 bridgehead atoms. The number of rotatable bonds is 4. The van der Waals surface area contributed by atoms with Crippen LogP contribution in [0.25, 0.3) is 21.6 Å². The number of anilines is 1. The van der Waals surface area contributed by atoms with Crippen molar-refractivity contribution in [2.24, 2.45) is 0 Å². The van der Waals surface area contributed by atoms with Crippen LogP contribution in [-0.2, 0) is 12.8 Å². The van der Waals surface area contributed by atoms with Crippen LogP contribution in [0, 0.1) is 0 Å². The zero-order chi connectivity index (χ0) is 17.2. The highest BCUT2D eigenvalue weighted by atomic mass is 32.1. The van der Waals surface area contributed by atoms with E-state index in [2.05, 4.69) is 35.1 Å². The minimum Gasteiger partial charge on any atom is -0.383 e. The Hall–Kier alpha value is -2.79. The first-order valence-electron chi connectivity index (χ1n) is 8.28. The lowest BCUT2D eigenvalue weighted by Gasteiger charge is -2.01. The van der Waals surface area contributed by atoms with Crippen molar-refractivity contribution < 1.29 is 0 Å². The third-order valence-corrected chi connectivity index (χ3v) is 5.16. The summed E-state index contributed by atoms with van der Waals surface area (Å²) in [7, 11) is 0. The van der Waals surface area contributed by atoms with Crippen molar-refractivity contribution in [1.29, 1.82) is 0 Å². The van der Waals surface area contributed by atoms with Crippen molar-refractivity contribution in [1.82, 2.24) is 15.0 Å². The second kappa shape index (κ2) is 6.61. The Bertz CT molecular complexity index is 1010. The minimum atomic E-state index is 0.533. The molecule has 5 heteroatoms. The molecule has 3 aromatic heterocycles. The number of benzene rings is 1. The Morgan fingerprint density at radius 3 is 2.60 bits per heavy atom. The molecule has 124 valence electrons. The maximum atomic E-state index is 6.18. The Morgan fingerprint density at radius 2 is 1.88 bits per heavy atom. The number of hydrogen-bond donors (Lipinski definition) is 1. The summed E-state index contributed by atoms with van der Waals surface area (Å²) in [5.74, 6) is 1.21. The van der Waals surface area contributed by atoms with Gasteiger partial charge in [0.05, 0.1) is 5.39 Å². The molecule has 1 aromatic carbocycles.